The number of hydrogen-bond donors (Lipinski definition) is 0. The summed E-state index contributed by atoms with van der Waals surface area (Å²) in [6, 6.07) is 0. The van der Waals surface area contributed by atoms with E-state index in [2.05, 4.69) is 5.10 Å². The molecule has 1 saturated heterocycles. The Labute approximate surface area is 89.2 Å². The number of carbonyl (C=O) groups is 1. The molecule has 4 nitrogen and oxygen atoms in total. The van der Waals surface area contributed by atoms with Crippen LogP contribution in [0, 0.1) is 0 Å². The Balaban J connectivity index is 1.84. The summed E-state index contributed by atoms with van der Waals surface area (Å²) >= 11 is 0. The predicted octanol–water partition coefficient (Wildman–Crippen LogP) is 1.65. The van der Waals surface area contributed by atoms with E-state index in [-0.39, 0.29) is 5.78 Å². The van der Waals surface area contributed by atoms with E-state index in [1.54, 1.807) is 19.3 Å². The second-order valence-electron chi connectivity index (χ2n) is 3.97. The topological polar surface area (TPSA) is 44.1 Å². The van der Waals surface area contributed by atoms with Gasteiger partial charge >= 0.3 is 0 Å². The molecular weight excluding hydrogens is 192 g/mol. The minimum Gasteiger partial charge on any atom is -0.378 e. The van der Waals surface area contributed by atoms with Gasteiger partial charge in [0.2, 0.25) is 0 Å². The zero-order chi connectivity index (χ0) is 10.7. The van der Waals surface area contributed by atoms with Gasteiger partial charge < -0.3 is 4.74 Å². The number of nitrogens with zero attached hydrogens (tertiary/aromatic N) is 2. The summed E-state index contributed by atoms with van der Waals surface area (Å²) in [6.07, 6.45) is 7.12. The molecule has 0 saturated carbocycles. The third-order valence-electron chi connectivity index (χ3n) is 2.74. The second-order valence-corrected chi connectivity index (χ2v) is 3.97. The van der Waals surface area contributed by atoms with Crippen LogP contribution in [0.15, 0.2) is 12.4 Å². The van der Waals surface area contributed by atoms with Gasteiger partial charge in [-0.1, -0.05) is 0 Å². The summed E-state index contributed by atoms with van der Waals surface area (Å²) in [5.74, 6) is 0.0679. The maximum absolute atomic E-state index is 11.0. The van der Waals surface area contributed by atoms with Crippen molar-refractivity contribution in [2.45, 2.75) is 38.8 Å². The number of aromatic nitrogens is 2. The van der Waals surface area contributed by atoms with Crippen molar-refractivity contribution in [3.63, 3.8) is 0 Å². The number of hydrogen-bond acceptors (Lipinski definition) is 3. The average Bonchev–Trinajstić information content (AvgIpc) is 2.86. The summed E-state index contributed by atoms with van der Waals surface area (Å²) in [5, 5.41) is 4.14. The van der Waals surface area contributed by atoms with Crippen LogP contribution in [0.2, 0.25) is 0 Å². The van der Waals surface area contributed by atoms with Crippen molar-refractivity contribution in [1.82, 2.24) is 9.78 Å². The van der Waals surface area contributed by atoms with Crippen LogP contribution >= 0.6 is 0 Å². The lowest BCUT2D eigenvalue weighted by atomic mass is 10.2. The number of carbonyl (C=O) groups excluding carboxylic acids is 1. The molecule has 1 aliphatic rings. The van der Waals surface area contributed by atoms with E-state index in [1.165, 1.54) is 6.42 Å². The molecule has 0 spiro atoms. The fourth-order valence-electron chi connectivity index (χ4n) is 1.82. The molecule has 1 fully saturated rings. The largest absolute Gasteiger partial charge is 0.378 e. The highest BCUT2D eigenvalue weighted by molar-refractivity contribution is 5.93. The summed E-state index contributed by atoms with van der Waals surface area (Å²) < 4.78 is 7.34. The molecule has 15 heavy (non-hydrogen) atoms. The number of rotatable bonds is 4. The molecule has 0 aliphatic carbocycles. The quantitative estimate of drug-likeness (QED) is 0.707. The normalized spacial score (nSPS) is 20.7. The van der Waals surface area contributed by atoms with Gasteiger partial charge in [-0.3, -0.25) is 9.48 Å². The van der Waals surface area contributed by atoms with Crippen molar-refractivity contribution in [3.05, 3.63) is 18.0 Å². The van der Waals surface area contributed by atoms with Gasteiger partial charge in [0.25, 0.3) is 0 Å². The maximum Gasteiger partial charge on any atom is 0.162 e. The summed E-state index contributed by atoms with van der Waals surface area (Å²) in [7, 11) is 0. The van der Waals surface area contributed by atoms with E-state index in [0.717, 1.165) is 26.0 Å². The molecule has 0 amide bonds. The molecule has 0 radical (unpaired) electrons. The molecule has 1 aromatic heterocycles. The fraction of sp³-hybridized carbons (Fsp3) is 0.636. The molecule has 2 heterocycles. The van der Waals surface area contributed by atoms with E-state index in [4.69, 9.17) is 4.74 Å². The zero-order valence-corrected chi connectivity index (χ0v) is 8.98. The standard InChI is InChI=1S/C11H16N2O2/c1-9(14)10-7-12-13(8-10)5-4-11-3-2-6-15-11/h7-8,11H,2-6H2,1H3. The Hall–Kier alpha value is -1.16. The SMILES string of the molecule is CC(=O)c1cnn(CCC2CCCO2)c1. The van der Waals surface area contributed by atoms with Crippen LogP contribution in [0.4, 0.5) is 0 Å². The lowest BCUT2D eigenvalue weighted by Crippen LogP contribution is -2.10. The van der Waals surface area contributed by atoms with Crippen molar-refractivity contribution in [3.8, 4) is 0 Å². The third-order valence-corrected chi connectivity index (χ3v) is 2.74. The number of ether oxygens (including phenoxy) is 1. The van der Waals surface area contributed by atoms with E-state index >= 15 is 0 Å². The van der Waals surface area contributed by atoms with Gasteiger partial charge in [-0.15, -0.1) is 0 Å². The average molecular weight is 208 g/mol. The van der Waals surface area contributed by atoms with Gasteiger partial charge in [0, 0.05) is 19.3 Å². The van der Waals surface area contributed by atoms with Gasteiger partial charge in [0.15, 0.2) is 5.78 Å². The Kier molecular flexibility index (Phi) is 3.16. The predicted molar refractivity (Wildman–Crippen MR) is 55.8 cm³/mol. The molecule has 4 heteroatoms. The second kappa shape index (κ2) is 4.57. The number of aryl methyl sites for hydroxylation is 1. The molecule has 1 unspecified atom stereocenters. The molecule has 0 bridgehead atoms. The van der Waals surface area contributed by atoms with Crippen LogP contribution < -0.4 is 0 Å². The van der Waals surface area contributed by atoms with Crippen LogP contribution in [-0.4, -0.2) is 28.3 Å². The van der Waals surface area contributed by atoms with Crippen molar-refractivity contribution < 1.29 is 9.53 Å². The van der Waals surface area contributed by atoms with Crippen LogP contribution in [0.3, 0.4) is 0 Å². The number of Topliss-reactive ketones (excluding diaryl/α,β-unsaturated/α-hetero) is 1. The first-order valence-corrected chi connectivity index (χ1v) is 5.40. The lowest BCUT2D eigenvalue weighted by molar-refractivity contribution is 0.0994. The minimum absolute atomic E-state index is 0.0679. The smallest absolute Gasteiger partial charge is 0.162 e. The van der Waals surface area contributed by atoms with Gasteiger partial charge in [-0.25, -0.2) is 0 Å². The summed E-state index contributed by atoms with van der Waals surface area (Å²) in [6.45, 7) is 3.28. The fourth-order valence-corrected chi connectivity index (χ4v) is 1.82. The molecule has 1 aromatic rings. The minimum atomic E-state index is 0.0679. The highest BCUT2D eigenvalue weighted by atomic mass is 16.5. The molecule has 82 valence electrons. The van der Waals surface area contributed by atoms with Gasteiger partial charge in [0.05, 0.1) is 17.9 Å². The third kappa shape index (κ3) is 2.65. The van der Waals surface area contributed by atoms with Crippen molar-refractivity contribution in [2.75, 3.05) is 6.61 Å². The highest BCUT2D eigenvalue weighted by Crippen LogP contribution is 2.15. The van der Waals surface area contributed by atoms with E-state index in [1.807, 2.05) is 4.68 Å². The van der Waals surface area contributed by atoms with E-state index < -0.39 is 0 Å². The molecular formula is C11H16N2O2. The van der Waals surface area contributed by atoms with Gasteiger partial charge in [-0.2, -0.15) is 5.10 Å². The van der Waals surface area contributed by atoms with Gasteiger partial charge in [-0.05, 0) is 26.2 Å². The first-order valence-electron chi connectivity index (χ1n) is 5.40. The molecule has 0 N–H and O–H groups in total. The highest BCUT2D eigenvalue weighted by Gasteiger charge is 2.15. The molecule has 1 aliphatic heterocycles. The Morgan fingerprint density at radius 2 is 2.60 bits per heavy atom. The molecule has 1 atom stereocenters. The van der Waals surface area contributed by atoms with Crippen LogP contribution in [-0.2, 0) is 11.3 Å². The van der Waals surface area contributed by atoms with Crippen LogP contribution in [0.25, 0.3) is 0 Å². The Morgan fingerprint density at radius 1 is 1.73 bits per heavy atom. The van der Waals surface area contributed by atoms with Crippen molar-refractivity contribution >= 4 is 5.78 Å². The van der Waals surface area contributed by atoms with E-state index in [0.29, 0.717) is 11.7 Å². The number of ketones is 1. The Morgan fingerprint density at radius 3 is 3.20 bits per heavy atom. The van der Waals surface area contributed by atoms with Crippen molar-refractivity contribution in [1.29, 1.82) is 0 Å². The molecule has 0 aromatic carbocycles. The Bertz CT molecular complexity index is 340. The van der Waals surface area contributed by atoms with Crippen LogP contribution in [0.5, 0.6) is 0 Å². The first-order chi connectivity index (χ1) is 7.25. The molecule has 2 rings (SSSR count). The van der Waals surface area contributed by atoms with E-state index in [9.17, 15) is 4.79 Å². The lowest BCUT2D eigenvalue weighted by Gasteiger charge is -2.08. The zero-order valence-electron chi connectivity index (χ0n) is 8.98. The van der Waals surface area contributed by atoms with Gasteiger partial charge in [0.1, 0.15) is 0 Å². The summed E-state index contributed by atoms with van der Waals surface area (Å²) in [4.78, 5) is 11.0. The van der Waals surface area contributed by atoms with Crippen LogP contribution in [0.1, 0.15) is 36.5 Å². The first kappa shape index (κ1) is 10.4. The monoisotopic (exact) mass is 208 g/mol. The van der Waals surface area contributed by atoms with Crippen molar-refractivity contribution in [2.24, 2.45) is 0 Å². The maximum atomic E-state index is 11.0. The summed E-state index contributed by atoms with van der Waals surface area (Å²) in [5.41, 5.74) is 0.683.